The molecule has 0 bridgehead atoms. The molecule has 0 spiro atoms. The number of hydrogen-bond acceptors (Lipinski definition) is 3. The molecule has 0 aliphatic rings. The number of aryl methyl sites for hydroxylation is 2. The van der Waals surface area contributed by atoms with Crippen molar-refractivity contribution in [2.45, 2.75) is 33.4 Å². The van der Waals surface area contributed by atoms with Crippen molar-refractivity contribution in [3.8, 4) is 5.75 Å². The third kappa shape index (κ3) is 4.98. The van der Waals surface area contributed by atoms with Crippen LogP contribution in [0.15, 0.2) is 59.3 Å². The molecule has 1 unspecified atom stereocenters. The number of benzene rings is 2. The summed E-state index contributed by atoms with van der Waals surface area (Å²) in [5.41, 5.74) is 3.00. The van der Waals surface area contributed by atoms with E-state index < -0.39 is 6.10 Å². The largest absolute Gasteiger partial charge is 0.480 e. The molecule has 0 aliphatic carbocycles. The van der Waals surface area contributed by atoms with E-state index in [1.807, 2.05) is 62.5 Å². The van der Waals surface area contributed by atoms with Gasteiger partial charge in [0.05, 0.1) is 4.47 Å². The third-order valence-electron chi connectivity index (χ3n) is 4.26. The number of halogens is 1. The maximum absolute atomic E-state index is 12.4. The Morgan fingerprint density at radius 2 is 1.96 bits per heavy atom. The van der Waals surface area contributed by atoms with E-state index in [0.29, 0.717) is 5.75 Å². The fourth-order valence-corrected chi connectivity index (χ4v) is 3.24. The number of nitrogens with zero attached hydrogens (tertiary/aromatic N) is 2. The van der Waals surface area contributed by atoms with E-state index in [-0.39, 0.29) is 5.91 Å². The fourth-order valence-electron chi connectivity index (χ4n) is 2.65. The SMILES string of the molecule is Cc1ccc(OC(C)C(=O)Nc2ccc(Cn3ccnc3C)cc2)c(Br)c1. The number of hydrogen-bond donors (Lipinski definition) is 1. The molecule has 0 saturated heterocycles. The van der Waals surface area contributed by atoms with E-state index in [1.165, 1.54) is 0 Å². The monoisotopic (exact) mass is 427 g/mol. The third-order valence-corrected chi connectivity index (χ3v) is 4.88. The quantitative estimate of drug-likeness (QED) is 0.619. The van der Waals surface area contributed by atoms with Crippen molar-refractivity contribution < 1.29 is 9.53 Å². The number of amides is 1. The van der Waals surface area contributed by atoms with Gasteiger partial charge in [-0.05, 0) is 72.1 Å². The highest BCUT2D eigenvalue weighted by molar-refractivity contribution is 9.10. The molecule has 27 heavy (non-hydrogen) atoms. The molecule has 3 aromatic rings. The Labute approximate surface area is 167 Å². The van der Waals surface area contributed by atoms with Crippen molar-refractivity contribution in [2.75, 3.05) is 5.32 Å². The lowest BCUT2D eigenvalue weighted by Crippen LogP contribution is -2.30. The molecule has 0 fully saturated rings. The second kappa shape index (κ2) is 8.39. The lowest BCUT2D eigenvalue weighted by Gasteiger charge is -2.16. The van der Waals surface area contributed by atoms with E-state index in [0.717, 1.165) is 33.7 Å². The van der Waals surface area contributed by atoms with Crippen molar-refractivity contribution >= 4 is 27.5 Å². The van der Waals surface area contributed by atoms with Crippen LogP contribution in [0, 0.1) is 13.8 Å². The lowest BCUT2D eigenvalue weighted by atomic mass is 10.2. The molecule has 1 amide bonds. The zero-order valence-corrected chi connectivity index (χ0v) is 17.2. The van der Waals surface area contributed by atoms with Gasteiger partial charge in [-0.25, -0.2) is 4.98 Å². The summed E-state index contributed by atoms with van der Waals surface area (Å²) in [6.07, 6.45) is 3.13. The van der Waals surface area contributed by atoms with Crippen LogP contribution in [0.1, 0.15) is 23.9 Å². The molecule has 3 rings (SSSR count). The molecule has 2 aromatic carbocycles. The fraction of sp³-hybridized carbons (Fsp3) is 0.238. The van der Waals surface area contributed by atoms with Gasteiger partial charge in [-0.2, -0.15) is 0 Å². The predicted octanol–water partition coefficient (Wildman–Crippen LogP) is 4.72. The maximum atomic E-state index is 12.4. The van der Waals surface area contributed by atoms with Crippen LogP contribution < -0.4 is 10.1 Å². The predicted molar refractivity (Wildman–Crippen MR) is 110 cm³/mol. The van der Waals surface area contributed by atoms with Gasteiger partial charge in [-0.1, -0.05) is 18.2 Å². The number of carbonyl (C=O) groups excluding carboxylic acids is 1. The summed E-state index contributed by atoms with van der Waals surface area (Å²) in [5.74, 6) is 1.43. The minimum atomic E-state index is -0.614. The first kappa shape index (κ1) is 19.2. The minimum absolute atomic E-state index is 0.194. The molecule has 1 aromatic heterocycles. The molecule has 1 heterocycles. The zero-order valence-electron chi connectivity index (χ0n) is 15.6. The van der Waals surface area contributed by atoms with E-state index >= 15 is 0 Å². The van der Waals surface area contributed by atoms with Gasteiger partial charge >= 0.3 is 0 Å². The van der Waals surface area contributed by atoms with E-state index in [1.54, 1.807) is 13.1 Å². The van der Waals surface area contributed by atoms with Gasteiger partial charge in [0.25, 0.3) is 5.91 Å². The summed E-state index contributed by atoms with van der Waals surface area (Å²) in [7, 11) is 0. The van der Waals surface area contributed by atoms with Gasteiger partial charge in [-0.3, -0.25) is 4.79 Å². The molecule has 5 nitrogen and oxygen atoms in total. The zero-order chi connectivity index (χ0) is 19.4. The van der Waals surface area contributed by atoms with Crippen LogP contribution >= 0.6 is 15.9 Å². The number of carbonyl (C=O) groups is 1. The van der Waals surface area contributed by atoms with Gasteiger partial charge in [-0.15, -0.1) is 0 Å². The first-order chi connectivity index (χ1) is 12.9. The van der Waals surface area contributed by atoms with Gasteiger partial charge in [0.15, 0.2) is 6.10 Å². The number of ether oxygens (including phenoxy) is 1. The van der Waals surface area contributed by atoms with Crippen LogP contribution in [0.3, 0.4) is 0 Å². The molecule has 1 N–H and O–H groups in total. The van der Waals surface area contributed by atoms with Crippen LogP contribution in [-0.4, -0.2) is 21.6 Å². The molecular weight excluding hydrogens is 406 g/mol. The van der Waals surface area contributed by atoms with Crippen molar-refractivity contribution in [3.05, 3.63) is 76.3 Å². The molecule has 0 saturated carbocycles. The van der Waals surface area contributed by atoms with E-state index in [4.69, 9.17) is 4.74 Å². The molecule has 140 valence electrons. The average molecular weight is 428 g/mol. The smallest absolute Gasteiger partial charge is 0.265 e. The number of anilines is 1. The Bertz CT molecular complexity index is 935. The Morgan fingerprint density at radius 3 is 2.59 bits per heavy atom. The van der Waals surface area contributed by atoms with Crippen molar-refractivity contribution in [2.24, 2.45) is 0 Å². The first-order valence-electron chi connectivity index (χ1n) is 8.73. The van der Waals surface area contributed by atoms with Gasteiger partial charge < -0.3 is 14.6 Å². The van der Waals surface area contributed by atoms with Gasteiger partial charge in [0, 0.05) is 24.6 Å². The summed E-state index contributed by atoms with van der Waals surface area (Å²) in [5, 5.41) is 2.89. The normalized spacial score (nSPS) is 11.9. The summed E-state index contributed by atoms with van der Waals surface area (Å²) in [4.78, 5) is 16.6. The summed E-state index contributed by atoms with van der Waals surface area (Å²) in [6.45, 7) is 6.46. The Morgan fingerprint density at radius 1 is 1.22 bits per heavy atom. The van der Waals surface area contributed by atoms with Crippen LogP contribution in [0.25, 0.3) is 0 Å². The highest BCUT2D eigenvalue weighted by Gasteiger charge is 2.16. The Hall–Kier alpha value is -2.60. The van der Waals surface area contributed by atoms with Crippen LogP contribution in [0.2, 0.25) is 0 Å². The Kier molecular flexibility index (Phi) is 5.96. The molecule has 1 atom stereocenters. The van der Waals surface area contributed by atoms with Crippen molar-refractivity contribution in [1.82, 2.24) is 9.55 Å². The number of nitrogens with one attached hydrogen (secondary N) is 1. The number of imidazole rings is 1. The standard InChI is InChI=1S/C21H22BrN3O2/c1-14-4-9-20(19(22)12-14)27-15(2)21(26)24-18-7-5-17(6-8-18)13-25-11-10-23-16(25)3/h4-12,15H,13H2,1-3H3,(H,24,26). The molecule has 6 heteroatoms. The van der Waals surface area contributed by atoms with Crippen molar-refractivity contribution in [3.63, 3.8) is 0 Å². The highest BCUT2D eigenvalue weighted by Crippen LogP contribution is 2.26. The Balaban J connectivity index is 1.59. The minimum Gasteiger partial charge on any atom is -0.480 e. The van der Waals surface area contributed by atoms with Crippen LogP contribution in [-0.2, 0) is 11.3 Å². The molecule has 0 aliphatic heterocycles. The summed E-state index contributed by atoms with van der Waals surface area (Å²) >= 11 is 3.47. The van der Waals surface area contributed by atoms with Crippen LogP contribution in [0.5, 0.6) is 5.75 Å². The lowest BCUT2D eigenvalue weighted by molar-refractivity contribution is -0.122. The number of rotatable bonds is 6. The summed E-state index contributed by atoms with van der Waals surface area (Å²) < 4.78 is 8.68. The number of aromatic nitrogens is 2. The van der Waals surface area contributed by atoms with Crippen LogP contribution in [0.4, 0.5) is 5.69 Å². The summed E-state index contributed by atoms with van der Waals surface area (Å²) in [6, 6.07) is 13.6. The maximum Gasteiger partial charge on any atom is 0.265 e. The topological polar surface area (TPSA) is 56.1 Å². The van der Waals surface area contributed by atoms with Gasteiger partial charge in [0.1, 0.15) is 11.6 Å². The second-order valence-corrected chi connectivity index (χ2v) is 7.34. The van der Waals surface area contributed by atoms with Crippen molar-refractivity contribution in [1.29, 1.82) is 0 Å². The van der Waals surface area contributed by atoms with E-state index in [9.17, 15) is 4.79 Å². The average Bonchev–Trinajstić information content (AvgIpc) is 3.03. The highest BCUT2D eigenvalue weighted by atomic mass is 79.9. The van der Waals surface area contributed by atoms with E-state index in [2.05, 4.69) is 30.8 Å². The molecule has 0 radical (unpaired) electrons. The first-order valence-corrected chi connectivity index (χ1v) is 9.52. The molecular formula is C21H22BrN3O2. The second-order valence-electron chi connectivity index (χ2n) is 6.48. The van der Waals surface area contributed by atoms with Gasteiger partial charge in [0.2, 0.25) is 0 Å².